The first kappa shape index (κ1) is 19.5. The number of amides is 1. The number of hydrogen-bond acceptors (Lipinski definition) is 8. The number of aliphatic hydroxyl groups is 1. The average Bonchev–Trinajstić information content (AvgIpc) is 2.98. The zero-order valence-electron chi connectivity index (χ0n) is 16.0. The fraction of sp³-hybridized carbons (Fsp3) is 0.190. The molecule has 0 unspecified atom stereocenters. The quantitative estimate of drug-likeness (QED) is 0.556. The molecule has 1 aromatic carbocycles. The molecule has 1 spiro atoms. The Morgan fingerprint density at radius 1 is 1.37 bits per heavy atom. The molecule has 154 valence electrons. The molecule has 2 aliphatic heterocycles. The van der Waals surface area contributed by atoms with E-state index >= 15 is 0 Å². The lowest BCUT2D eigenvalue weighted by atomic mass is 9.71. The fourth-order valence-electron chi connectivity index (χ4n) is 3.99. The molecule has 2 aromatic rings. The van der Waals surface area contributed by atoms with Crippen LogP contribution in [0.2, 0.25) is 0 Å². The lowest BCUT2D eigenvalue weighted by Crippen LogP contribution is -2.49. The summed E-state index contributed by atoms with van der Waals surface area (Å²) in [6, 6.07) is 7.77. The summed E-state index contributed by atoms with van der Waals surface area (Å²) in [7, 11) is 1.14. The van der Waals surface area contributed by atoms with Crippen LogP contribution in [0.4, 0.5) is 5.69 Å². The van der Waals surface area contributed by atoms with Crippen LogP contribution in [0.25, 0.3) is 0 Å². The number of rotatable bonds is 4. The van der Waals surface area contributed by atoms with Crippen molar-refractivity contribution in [3.05, 3.63) is 81.8 Å². The predicted molar refractivity (Wildman–Crippen MR) is 105 cm³/mol. The molecule has 3 N–H and O–H groups in total. The molecule has 0 saturated carbocycles. The Balaban J connectivity index is 2.19. The Bertz CT molecular complexity index is 1180. The van der Waals surface area contributed by atoms with E-state index in [0.717, 1.165) is 13.2 Å². The van der Waals surface area contributed by atoms with Crippen molar-refractivity contribution in [1.82, 2.24) is 0 Å². The maximum atomic E-state index is 13.9. The monoisotopic (exact) mass is 410 g/mol. The summed E-state index contributed by atoms with van der Waals surface area (Å²) < 4.78 is 16.1. The number of nitrogens with two attached hydrogens (primary N) is 1. The molecule has 1 aromatic heterocycles. The number of hydrogen-bond donors (Lipinski definition) is 2. The molecule has 0 aliphatic carbocycles. The molecule has 3 heterocycles. The zero-order chi connectivity index (χ0) is 21.6. The van der Waals surface area contributed by atoms with Crippen LogP contribution in [0.3, 0.4) is 0 Å². The van der Waals surface area contributed by atoms with E-state index < -0.39 is 35.2 Å². The molecule has 0 saturated heterocycles. The largest absolute Gasteiger partial charge is 0.465 e. The van der Waals surface area contributed by atoms with E-state index in [4.69, 9.17) is 19.6 Å². The van der Waals surface area contributed by atoms with Crippen molar-refractivity contribution >= 4 is 17.6 Å². The summed E-state index contributed by atoms with van der Waals surface area (Å²) in [6.07, 6.45) is 1.53. The van der Waals surface area contributed by atoms with Crippen LogP contribution in [-0.2, 0) is 26.3 Å². The van der Waals surface area contributed by atoms with Gasteiger partial charge in [-0.05, 0) is 6.07 Å². The minimum atomic E-state index is -1.92. The molecule has 2 aliphatic rings. The van der Waals surface area contributed by atoms with Gasteiger partial charge in [-0.3, -0.25) is 9.59 Å². The minimum Gasteiger partial charge on any atom is -0.465 e. The molecule has 1 amide bonds. The third-order valence-electron chi connectivity index (χ3n) is 5.15. The van der Waals surface area contributed by atoms with Gasteiger partial charge < -0.3 is 29.6 Å². The fourth-order valence-corrected chi connectivity index (χ4v) is 3.99. The molecule has 0 radical (unpaired) electrons. The first-order valence-corrected chi connectivity index (χ1v) is 8.98. The highest BCUT2D eigenvalue weighted by Crippen LogP contribution is 2.54. The molecule has 4 rings (SSSR count). The van der Waals surface area contributed by atoms with E-state index in [-0.39, 0.29) is 29.4 Å². The number of carbonyl (C=O) groups is 2. The molecule has 30 heavy (non-hydrogen) atoms. The highest BCUT2D eigenvalue weighted by atomic mass is 16.5. The summed E-state index contributed by atoms with van der Waals surface area (Å²) in [5.41, 5.74) is 4.01. The SMILES string of the molecule is C=CCN1C(=O)[C@]2(C(C(=O)OC)=C(N)Oc3c2oc(CO)cc3=O)c2ccccc21. The number of fused-ring (bicyclic) bond motifs is 4. The van der Waals surface area contributed by atoms with Crippen molar-refractivity contribution in [2.75, 3.05) is 18.6 Å². The topological polar surface area (TPSA) is 132 Å². The second-order valence-electron chi connectivity index (χ2n) is 6.70. The Hall–Kier alpha value is -3.85. The Morgan fingerprint density at radius 2 is 2.10 bits per heavy atom. The van der Waals surface area contributed by atoms with Gasteiger partial charge in [0.15, 0.2) is 11.2 Å². The van der Waals surface area contributed by atoms with Crippen LogP contribution in [0.1, 0.15) is 17.1 Å². The van der Waals surface area contributed by atoms with Gasteiger partial charge in [-0.25, -0.2) is 4.79 Å². The summed E-state index contributed by atoms with van der Waals surface area (Å²) in [5, 5.41) is 9.56. The Labute approximate surface area is 170 Å². The standard InChI is InChI=1S/C21H18N2O7/c1-3-8-23-13-7-5-4-6-12(13)21(20(23)27)15(19(26)28-2)18(22)30-16-14(25)9-11(10-24)29-17(16)21/h3-7,9,24H,1,8,10,22H2,2H3/t21-/m0/s1. The predicted octanol–water partition coefficient (Wildman–Crippen LogP) is 0.687. The van der Waals surface area contributed by atoms with Crippen LogP contribution in [0, 0.1) is 0 Å². The number of aliphatic hydroxyl groups excluding tert-OH is 1. The van der Waals surface area contributed by atoms with Crippen LogP contribution in [0.15, 0.2) is 63.7 Å². The van der Waals surface area contributed by atoms with Crippen LogP contribution in [0.5, 0.6) is 5.75 Å². The molecule has 0 bridgehead atoms. The van der Waals surface area contributed by atoms with Crippen molar-refractivity contribution in [1.29, 1.82) is 0 Å². The number of methoxy groups -OCH3 is 1. The van der Waals surface area contributed by atoms with Gasteiger partial charge in [-0.1, -0.05) is 24.3 Å². The highest BCUT2D eigenvalue weighted by molar-refractivity contribution is 6.18. The number of carbonyl (C=O) groups excluding carboxylic acids is 2. The number of nitrogens with zero attached hydrogens (tertiary/aromatic N) is 1. The van der Waals surface area contributed by atoms with Crippen molar-refractivity contribution < 1.29 is 28.6 Å². The first-order chi connectivity index (χ1) is 14.4. The smallest absolute Gasteiger partial charge is 0.341 e. The number of anilines is 1. The van der Waals surface area contributed by atoms with Gasteiger partial charge >= 0.3 is 5.97 Å². The molecule has 9 nitrogen and oxygen atoms in total. The van der Waals surface area contributed by atoms with Crippen molar-refractivity contribution in [3.63, 3.8) is 0 Å². The third-order valence-corrected chi connectivity index (χ3v) is 5.15. The second-order valence-corrected chi connectivity index (χ2v) is 6.70. The van der Waals surface area contributed by atoms with Gasteiger partial charge in [-0.15, -0.1) is 6.58 Å². The van der Waals surface area contributed by atoms with Gasteiger partial charge in [0.2, 0.25) is 17.1 Å². The number of ether oxygens (including phenoxy) is 2. The van der Waals surface area contributed by atoms with E-state index in [1.807, 2.05) is 0 Å². The second kappa shape index (κ2) is 6.89. The molecular weight excluding hydrogens is 392 g/mol. The lowest BCUT2D eigenvalue weighted by molar-refractivity contribution is -0.138. The van der Waals surface area contributed by atoms with Gasteiger partial charge in [-0.2, -0.15) is 0 Å². The van der Waals surface area contributed by atoms with Crippen molar-refractivity contribution in [2.45, 2.75) is 12.0 Å². The van der Waals surface area contributed by atoms with Gasteiger partial charge in [0.25, 0.3) is 5.91 Å². The first-order valence-electron chi connectivity index (χ1n) is 8.98. The van der Waals surface area contributed by atoms with Crippen molar-refractivity contribution in [3.8, 4) is 5.75 Å². The average molecular weight is 410 g/mol. The normalized spacial score (nSPS) is 19.4. The van der Waals surface area contributed by atoms with Gasteiger partial charge in [0.1, 0.15) is 17.9 Å². The lowest BCUT2D eigenvalue weighted by Gasteiger charge is -2.34. The minimum absolute atomic E-state index is 0.0983. The maximum Gasteiger partial charge on any atom is 0.341 e. The third kappa shape index (κ3) is 2.35. The summed E-state index contributed by atoms with van der Waals surface area (Å²) in [5.74, 6) is -2.62. The molecule has 9 heteroatoms. The number of para-hydroxylation sites is 1. The highest BCUT2D eigenvalue weighted by Gasteiger charge is 2.63. The van der Waals surface area contributed by atoms with E-state index in [0.29, 0.717) is 11.3 Å². The van der Waals surface area contributed by atoms with E-state index in [2.05, 4.69) is 6.58 Å². The summed E-state index contributed by atoms with van der Waals surface area (Å²) in [4.78, 5) is 40.8. The number of esters is 1. The Morgan fingerprint density at radius 3 is 2.77 bits per heavy atom. The van der Waals surface area contributed by atoms with E-state index in [1.165, 1.54) is 11.0 Å². The van der Waals surface area contributed by atoms with E-state index in [9.17, 15) is 19.5 Å². The van der Waals surface area contributed by atoms with Crippen LogP contribution in [-0.4, -0.2) is 30.6 Å². The molecular formula is C21H18N2O7. The summed E-state index contributed by atoms with van der Waals surface area (Å²) >= 11 is 0. The Kier molecular flexibility index (Phi) is 4.47. The number of benzene rings is 1. The van der Waals surface area contributed by atoms with Crippen LogP contribution >= 0.6 is 0 Å². The van der Waals surface area contributed by atoms with Crippen LogP contribution < -0.4 is 20.8 Å². The molecule has 1 atom stereocenters. The van der Waals surface area contributed by atoms with Gasteiger partial charge in [0, 0.05) is 23.9 Å². The zero-order valence-corrected chi connectivity index (χ0v) is 16.0. The van der Waals surface area contributed by atoms with E-state index in [1.54, 1.807) is 24.3 Å². The van der Waals surface area contributed by atoms with Crippen molar-refractivity contribution in [2.24, 2.45) is 5.73 Å². The molecule has 0 fully saturated rings. The van der Waals surface area contributed by atoms with Gasteiger partial charge in [0.05, 0.1) is 7.11 Å². The summed E-state index contributed by atoms with van der Waals surface area (Å²) in [6.45, 7) is 3.21. The maximum absolute atomic E-state index is 13.9.